The molecule has 0 aromatic carbocycles. The highest BCUT2D eigenvalue weighted by Gasteiger charge is 2.07. The molecule has 0 unspecified atom stereocenters. The number of rotatable bonds is 4. The zero-order valence-electron chi connectivity index (χ0n) is 8.62. The molecular weight excluding hydrogens is 164 g/mol. The van der Waals surface area contributed by atoms with Gasteiger partial charge >= 0.3 is 0 Å². The van der Waals surface area contributed by atoms with Crippen molar-refractivity contribution in [3.05, 3.63) is 11.8 Å². The van der Waals surface area contributed by atoms with Gasteiger partial charge in [0.25, 0.3) is 0 Å². The molecule has 0 amide bonds. The summed E-state index contributed by atoms with van der Waals surface area (Å²) in [6.07, 6.45) is 1.84. The van der Waals surface area contributed by atoms with Gasteiger partial charge in [-0.05, 0) is 13.1 Å². The molecule has 0 aliphatic carbocycles. The van der Waals surface area contributed by atoms with Crippen molar-refractivity contribution >= 4 is 5.82 Å². The van der Waals surface area contributed by atoms with Crippen molar-refractivity contribution in [1.29, 1.82) is 0 Å². The Morgan fingerprint density at radius 2 is 2.08 bits per heavy atom. The van der Waals surface area contributed by atoms with E-state index >= 15 is 0 Å². The summed E-state index contributed by atoms with van der Waals surface area (Å²) < 4.78 is 1.71. The van der Waals surface area contributed by atoms with Crippen LogP contribution in [0.5, 0.6) is 0 Å². The highest BCUT2D eigenvalue weighted by Crippen LogP contribution is 2.11. The number of hydrogen-bond donors (Lipinski definition) is 1. The van der Waals surface area contributed by atoms with Crippen LogP contribution in [0.2, 0.25) is 0 Å². The third-order valence-corrected chi connectivity index (χ3v) is 2.35. The fourth-order valence-corrected chi connectivity index (χ4v) is 1.30. The summed E-state index contributed by atoms with van der Waals surface area (Å²) in [5.74, 6) is 0.770. The Morgan fingerprint density at radius 1 is 1.46 bits per heavy atom. The second-order valence-electron chi connectivity index (χ2n) is 3.14. The summed E-state index contributed by atoms with van der Waals surface area (Å²) in [4.78, 5) is 2.31. The van der Waals surface area contributed by atoms with Gasteiger partial charge in [0.2, 0.25) is 0 Å². The summed E-state index contributed by atoms with van der Waals surface area (Å²) in [5.41, 5.74) is 6.95. The van der Waals surface area contributed by atoms with Crippen molar-refractivity contribution in [2.45, 2.75) is 20.4 Å². The Bertz CT molecular complexity index is 263. The number of anilines is 1. The van der Waals surface area contributed by atoms with Gasteiger partial charge in [-0.1, -0.05) is 13.8 Å². The van der Waals surface area contributed by atoms with Gasteiger partial charge in [0.1, 0.15) is 5.82 Å². The van der Waals surface area contributed by atoms with Gasteiger partial charge in [-0.25, -0.2) is 0 Å². The molecule has 4 nitrogen and oxygen atoms in total. The van der Waals surface area contributed by atoms with E-state index in [1.54, 1.807) is 4.68 Å². The first-order valence-electron chi connectivity index (χ1n) is 4.67. The maximum atomic E-state index is 5.83. The van der Waals surface area contributed by atoms with Gasteiger partial charge in [0.15, 0.2) is 0 Å². The van der Waals surface area contributed by atoms with E-state index in [1.165, 1.54) is 0 Å². The lowest BCUT2D eigenvalue weighted by Gasteiger charge is -2.17. The van der Waals surface area contributed by atoms with Crippen LogP contribution in [-0.2, 0) is 13.6 Å². The van der Waals surface area contributed by atoms with Gasteiger partial charge < -0.3 is 5.73 Å². The Balaban J connectivity index is 2.67. The normalized spacial score (nSPS) is 11.1. The molecule has 2 N–H and O–H groups in total. The van der Waals surface area contributed by atoms with Crippen LogP contribution in [0.1, 0.15) is 19.4 Å². The number of aromatic nitrogens is 2. The number of nitrogens with two attached hydrogens (primary N) is 1. The molecule has 0 aliphatic heterocycles. The van der Waals surface area contributed by atoms with Crippen LogP contribution in [0.25, 0.3) is 0 Å². The second kappa shape index (κ2) is 4.28. The van der Waals surface area contributed by atoms with Crippen LogP contribution in [0.4, 0.5) is 5.82 Å². The quantitative estimate of drug-likeness (QED) is 0.750. The number of aryl methyl sites for hydroxylation is 1. The van der Waals surface area contributed by atoms with E-state index in [4.69, 9.17) is 5.73 Å². The zero-order chi connectivity index (χ0) is 9.84. The van der Waals surface area contributed by atoms with E-state index in [2.05, 4.69) is 23.8 Å². The Labute approximate surface area is 79.3 Å². The highest BCUT2D eigenvalue weighted by molar-refractivity contribution is 5.38. The van der Waals surface area contributed by atoms with Crippen LogP contribution in [0.15, 0.2) is 6.20 Å². The molecule has 0 bridgehead atoms. The van der Waals surface area contributed by atoms with Crippen molar-refractivity contribution in [3.63, 3.8) is 0 Å². The molecular formula is C9H18N4. The van der Waals surface area contributed by atoms with Gasteiger partial charge in [-0.15, -0.1) is 0 Å². The molecule has 0 fully saturated rings. The SMILES string of the molecule is CCN(CC)Cc1cnn(C)c1N. The van der Waals surface area contributed by atoms with Crippen molar-refractivity contribution < 1.29 is 0 Å². The van der Waals surface area contributed by atoms with E-state index in [1.807, 2.05) is 13.2 Å². The number of nitrogen functional groups attached to an aromatic ring is 1. The number of hydrogen-bond acceptors (Lipinski definition) is 3. The molecule has 74 valence electrons. The smallest absolute Gasteiger partial charge is 0.125 e. The van der Waals surface area contributed by atoms with Crippen LogP contribution in [-0.4, -0.2) is 27.8 Å². The molecule has 0 aliphatic rings. The summed E-state index contributed by atoms with van der Waals surface area (Å²) in [5, 5.41) is 4.10. The maximum absolute atomic E-state index is 5.83. The molecule has 13 heavy (non-hydrogen) atoms. The van der Waals surface area contributed by atoms with Crippen molar-refractivity contribution in [2.24, 2.45) is 7.05 Å². The predicted octanol–water partition coefficient (Wildman–Crippen LogP) is 0.844. The lowest BCUT2D eigenvalue weighted by Crippen LogP contribution is -2.22. The largest absolute Gasteiger partial charge is 0.384 e. The van der Waals surface area contributed by atoms with Crippen molar-refractivity contribution in [1.82, 2.24) is 14.7 Å². The van der Waals surface area contributed by atoms with E-state index in [-0.39, 0.29) is 0 Å². The molecule has 0 saturated carbocycles. The average molecular weight is 182 g/mol. The third kappa shape index (κ3) is 2.21. The third-order valence-electron chi connectivity index (χ3n) is 2.35. The highest BCUT2D eigenvalue weighted by atomic mass is 15.3. The zero-order valence-corrected chi connectivity index (χ0v) is 8.62. The first-order valence-corrected chi connectivity index (χ1v) is 4.67. The van der Waals surface area contributed by atoms with Gasteiger partial charge in [-0.3, -0.25) is 9.58 Å². The summed E-state index contributed by atoms with van der Waals surface area (Å²) in [7, 11) is 1.86. The predicted molar refractivity (Wildman–Crippen MR) is 54.2 cm³/mol. The summed E-state index contributed by atoms with van der Waals surface area (Å²) in [6.45, 7) is 7.29. The average Bonchev–Trinajstić information content (AvgIpc) is 2.45. The van der Waals surface area contributed by atoms with E-state index in [0.29, 0.717) is 0 Å². The lowest BCUT2D eigenvalue weighted by atomic mass is 10.3. The fraction of sp³-hybridized carbons (Fsp3) is 0.667. The van der Waals surface area contributed by atoms with Gasteiger partial charge in [0, 0.05) is 19.2 Å². The fourth-order valence-electron chi connectivity index (χ4n) is 1.30. The van der Waals surface area contributed by atoms with Crippen LogP contribution in [0.3, 0.4) is 0 Å². The molecule has 0 radical (unpaired) electrons. The first kappa shape index (κ1) is 10.1. The first-order chi connectivity index (χ1) is 6.19. The standard InChI is InChI=1S/C9H18N4/c1-4-13(5-2)7-8-6-11-12(3)9(8)10/h6H,4-5,7,10H2,1-3H3. The van der Waals surface area contributed by atoms with E-state index in [9.17, 15) is 0 Å². The molecule has 0 saturated heterocycles. The molecule has 1 aromatic rings. The molecule has 1 aromatic heterocycles. The Hall–Kier alpha value is -1.03. The van der Waals surface area contributed by atoms with Crippen molar-refractivity contribution in [2.75, 3.05) is 18.8 Å². The minimum absolute atomic E-state index is 0.770. The maximum Gasteiger partial charge on any atom is 0.125 e. The second-order valence-corrected chi connectivity index (χ2v) is 3.14. The molecule has 4 heteroatoms. The summed E-state index contributed by atoms with van der Waals surface area (Å²) in [6, 6.07) is 0. The van der Waals surface area contributed by atoms with Crippen molar-refractivity contribution in [3.8, 4) is 0 Å². The van der Waals surface area contributed by atoms with Gasteiger partial charge in [0.05, 0.1) is 6.20 Å². The Morgan fingerprint density at radius 3 is 2.46 bits per heavy atom. The van der Waals surface area contributed by atoms with E-state index < -0.39 is 0 Å². The monoisotopic (exact) mass is 182 g/mol. The summed E-state index contributed by atoms with van der Waals surface area (Å²) >= 11 is 0. The molecule has 0 spiro atoms. The van der Waals surface area contributed by atoms with Gasteiger partial charge in [-0.2, -0.15) is 5.10 Å². The van der Waals surface area contributed by atoms with Crippen LogP contribution >= 0.6 is 0 Å². The Kier molecular flexibility index (Phi) is 3.31. The molecule has 1 rings (SSSR count). The molecule has 0 atom stereocenters. The lowest BCUT2D eigenvalue weighted by molar-refractivity contribution is 0.296. The van der Waals surface area contributed by atoms with Crippen LogP contribution < -0.4 is 5.73 Å². The minimum Gasteiger partial charge on any atom is -0.384 e. The molecule has 1 heterocycles. The topological polar surface area (TPSA) is 47.1 Å². The number of nitrogens with zero attached hydrogens (tertiary/aromatic N) is 3. The minimum atomic E-state index is 0.770. The van der Waals surface area contributed by atoms with Crippen LogP contribution in [0, 0.1) is 0 Å². The van der Waals surface area contributed by atoms with E-state index in [0.717, 1.165) is 31.0 Å².